The largest absolute Gasteiger partial charge is 0.373 e. The van der Waals surface area contributed by atoms with Crippen LogP contribution in [0.25, 0.3) is 11.0 Å². The molecule has 1 aliphatic heterocycles. The Hall–Kier alpha value is -2.28. The Morgan fingerprint density at radius 3 is 2.59 bits per heavy atom. The summed E-state index contributed by atoms with van der Waals surface area (Å²) >= 11 is 0. The molecule has 0 bridgehead atoms. The predicted octanol–water partition coefficient (Wildman–Crippen LogP) is 3.18. The maximum absolute atomic E-state index is 5.87. The van der Waals surface area contributed by atoms with E-state index in [9.17, 15) is 0 Å². The molecule has 0 saturated carbocycles. The SMILES string of the molecule is Cc1nn(C)c2ncc(CNCc3ccccc3CN3CC(C)OC(C)C3)cc12. The molecule has 3 heterocycles. The molecule has 0 radical (unpaired) electrons. The molecule has 1 N–H and O–H groups in total. The summed E-state index contributed by atoms with van der Waals surface area (Å²) in [6.45, 7) is 10.9. The number of morpholine rings is 1. The maximum Gasteiger partial charge on any atom is 0.157 e. The molecule has 2 atom stereocenters. The highest BCUT2D eigenvalue weighted by Gasteiger charge is 2.22. The Bertz CT molecular complexity index is 973. The van der Waals surface area contributed by atoms with Gasteiger partial charge in [0, 0.05) is 51.4 Å². The van der Waals surface area contributed by atoms with Crippen LogP contribution < -0.4 is 5.32 Å². The zero-order valence-electron chi connectivity index (χ0n) is 17.9. The molecule has 0 spiro atoms. The van der Waals surface area contributed by atoms with E-state index in [1.165, 1.54) is 16.7 Å². The highest BCUT2D eigenvalue weighted by Crippen LogP contribution is 2.18. The van der Waals surface area contributed by atoms with Gasteiger partial charge >= 0.3 is 0 Å². The molecule has 2 unspecified atom stereocenters. The standard InChI is InChI=1S/C23H31N5O/c1-16-13-28(14-17(2)29-16)15-21-8-6-5-7-20(21)12-24-10-19-9-22-18(3)26-27(4)23(22)25-11-19/h5-9,11,16-17,24H,10,12-15H2,1-4H3. The van der Waals surface area contributed by atoms with E-state index in [4.69, 9.17) is 4.74 Å². The van der Waals surface area contributed by atoms with Gasteiger partial charge in [0.05, 0.1) is 17.9 Å². The molecule has 1 aliphatic rings. The number of hydrogen-bond donors (Lipinski definition) is 1. The lowest BCUT2D eigenvalue weighted by molar-refractivity contribution is -0.0705. The van der Waals surface area contributed by atoms with E-state index < -0.39 is 0 Å². The van der Waals surface area contributed by atoms with Crippen LogP contribution in [0.1, 0.15) is 36.2 Å². The summed E-state index contributed by atoms with van der Waals surface area (Å²) in [6, 6.07) is 10.9. The number of pyridine rings is 1. The second-order valence-corrected chi connectivity index (χ2v) is 8.25. The van der Waals surface area contributed by atoms with Gasteiger partial charge in [0.1, 0.15) is 0 Å². The number of nitrogens with zero attached hydrogens (tertiary/aromatic N) is 4. The molecule has 1 saturated heterocycles. The molecule has 6 heteroatoms. The fraction of sp³-hybridized carbons (Fsp3) is 0.478. The molecular weight excluding hydrogens is 362 g/mol. The van der Waals surface area contributed by atoms with Gasteiger partial charge in [0.15, 0.2) is 5.65 Å². The number of fused-ring (bicyclic) bond motifs is 1. The summed E-state index contributed by atoms with van der Waals surface area (Å²) in [5, 5.41) is 9.18. The maximum atomic E-state index is 5.87. The molecule has 6 nitrogen and oxygen atoms in total. The molecule has 1 fully saturated rings. The van der Waals surface area contributed by atoms with E-state index in [-0.39, 0.29) is 0 Å². The smallest absolute Gasteiger partial charge is 0.157 e. The topological polar surface area (TPSA) is 55.2 Å². The number of benzene rings is 1. The molecule has 1 aromatic carbocycles. The zero-order valence-corrected chi connectivity index (χ0v) is 17.9. The average molecular weight is 394 g/mol. The zero-order chi connectivity index (χ0) is 20.4. The first-order chi connectivity index (χ1) is 14.0. The van der Waals surface area contributed by atoms with Crippen LogP contribution in [0.2, 0.25) is 0 Å². The van der Waals surface area contributed by atoms with E-state index >= 15 is 0 Å². The number of nitrogens with one attached hydrogen (secondary N) is 1. The van der Waals surface area contributed by atoms with E-state index in [1.807, 2.05) is 24.9 Å². The Kier molecular flexibility index (Phi) is 5.94. The van der Waals surface area contributed by atoms with Gasteiger partial charge in [-0.05, 0) is 43.5 Å². The van der Waals surface area contributed by atoms with Crippen LogP contribution in [0.4, 0.5) is 0 Å². The van der Waals surface area contributed by atoms with Crippen LogP contribution in [0.15, 0.2) is 36.5 Å². The van der Waals surface area contributed by atoms with Gasteiger partial charge in [-0.2, -0.15) is 5.10 Å². The van der Waals surface area contributed by atoms with Crippen molar-refractivity contribution in [1.29, 1.82) is 0 Å². The summed E-state index contributed by atoms with van der Waals surface area (Å²) in [7, 11) is 1.94. The van der Waals surface area contributed by atoms with Crippen molar-refractivity contribution in [2.45, 2.75) is 52.6 Å². The number of ether oxygens (including phenoxy) is 1. The molecular formula is C23H31N5O. The van der Waals surface area contributed by atoms with E-state index in [1.54, 1.807) is 0 Å². The van der Waals surface area contributed by atoms with Crippen molar-refractivity contribution >= 4 is 11.0 Å². The van der Waals surface area contributed by atoms with Gasteiger partial charge in [-0.3, -0.25) is 9.58 Å². The van der Waals surface area contributed by atoms with Gasteiger partial charge < -0.3 is 10.1 Å². The fourth-order valence-electron chi connectivity index (χ4n) is 4.33. The lowest BCUT2D eigenvalue weighted by Crippen LogP contribution is -2.45. The molecule has 29 heavy (non-hydrogen) atoms. The molecule has 154 valence electrons. The Balaban J connectivity index is 1.39. The van der Waals surface area contributed by atoms with Crippen LogP contribution in [0, 0.1) is 6.92 Å². The number of aryl methyl sites for hydroxylation is 2. The van der Waals surface area contributed by atoms with E-state index in [0.717, 1.165) is 49.5 Å². The minimum atomic E-state index is 0.294. The second-order valence-electron chi connectivity index (χ2n) is 8.25. The lowest BCUT2D eigenvalue weighted by Gasteiger charge is -2.35. The minimum absolute atomic E-state index is 0.294. The van der Waals surface area contributed by atoms with Crippen LogP contribution in [-0.4, -0.2) is 45.0 Å². The van der Waals surface area contributed by atoms with Gasteiger partial charge in [-0.15, -0.1) is 0 Å². The molecule has 4 rings (SSSR count). The summed E-state index contributed by atoms with van der Waals surface area (Å²) in [4.78, 5) is 7.08. The van der Waals surface area contributed by atoms with E-state index in [0.29, 0.717) is 12.2 Å². The highest BCUT2D eigenvalue weighted by atomic mass is 16.5. The first kappa shape index (κ1) is 20.0. The summed E-state index contributed by atoms with van der Waals surface area (Å²) < 4.78 is 7.71. The second kappa shape index (κ2) is 8.61. The fourth-order valence-corrected chi connectivity index (χ4v) is 4.33. The monoisotopic (exact) mass is 393 g/mol. The van der Waals surface area contributed by atoms with Crippen LogP contribution in [0.3, 0.4) is 0 Å². The van der Waals surface area contributed by atoms with Crippen molar-refractivity contribution in [3.8, 4) is 0 Å². The van der Waals surface area contributed by atoms with Crippen molar-refractivity contribution in [3.63, 3.8) is 0 Å². The average Bonchev–Trinajstić information content (AvgIpc) is 2.96. The van der Waals surface area contributed by atoms with Gasteiger partial charge in [0.25, 0.3) is 0 Å². The Labute approximate surface area is 172 Å². The van der Waals surface area contributed by atoms with Crippen molar-refractivity contribution in [3.05, 3.63) is 58.9 Å². The minimum Gasteiger partial charge on any atom is -0.373 e. The summed E-state index contributed by atoms with van der Waals surface area (Å²) in [5.41, 5.74) is 5.88. The lowest BCUT2D eigenvalue weighted by atomic mass is 10.1. The summed E-state index contributed by atoms with van der Waals surface area (Å²) in [6.07, 6.45) is 2.53. The van der Waals surface area contributed by atoms with Crippen LogP contribution in [0.5, 0.6) is 0 Å². The Morgan fingerprint density at radius 1 is 1.10 bits per heavy atom. The third-order valence-corrected chi connectivity index (χ3v) is 5.57. The Morgan fingerprint density at radius 2 is 1.83 bits per heavy atom. The van der Waals surface area contributed by atoms with Crippen molar-refractivity contribution in [2.75, 3.05) is 13.1 Å². The van der Waals surface area contributed by atoms with Crippen molar-refractivity contribution < 1.29 is 4.74 Å². The highest BCUT2D eigenvalue weighted by molar-refractivity contribution is 5.78. The van der Waals surface area contributed by atoms with Gasteiger partial charge in [-0.1, -0.05) is 24.3 Å². The first-order valence-corrected chi connectivity index (χ1v) is 10.4. The van der Waals surface area contributed by atoms with Crippen LogP contribution in [-0.2, 0) is 31.4 Å². The van der Waals surface area contributed by atoms with Gasteiger partial charge in [0.2, 0.25) is 0 Å². The van der Waals surface area contributed by atoms with Crippen LogP contribution >= 0.6 is 0 Å². The first-order valence-electron chi connectivity index (χ1n) is 10.4. The van der Waals surface area contributed by atoms with Gasteiger partial charge in [-0.25, -0.2) is 4.98 Å². The summed E-state index contributed by atoms with van der Waals surface area (Å²) in [5.74, 6) is 0. The molecule has 2 aromatic heterocycles. The quantitative estimate of drug-likeness (QED) is 0.697. The number of rotatable bonds is 6. The third kappa shape index (κ3) is 4.66. The third-order valence-electron chi connectivity index (χ3n) is 5.57. The number of aromatic nitrogens is 3. The number of hydrogen-bond acceptors (Lipinski definition) is 5. The normalized spacial score (nSPS) is 20.4. The molecule has 0 amide bonds. The molecule has 0 aliphatic carbocycles. The van der Waals surface area contributed by atoms with E-state index in [2.05, 4.69) is 64.5 Å². The predicted molar refractivity (Wildman–Crippen MR) is 116 cm³/mol. The molecule has 3 aromatic rings. The van der Waals surface area contributed by atoms with Crippen molar-refractivity contribution in [1.82, 2.24) is 25.0 Å². The van der Waals surface area contributed by atoms with Crippen molar-refractivity contribution in [2.24, 2.45) is 7.05 Å².